The molecule has 0 bridgehead atoms. The Balaban J connectivity index is 0. The third kappa shape index (κ3) is 20.5. The molecule has 0 aliphatic carbocycles. The smallest absolute Gasteiger partial charge is 0.182 e. The minimum atomic E-state index is 0. The number of quaternary nitrogens is 1. The van der Waals surface area contributed by atoms with E-state index in [1.165, 1.54) is 83.6 Å². The highest BCUT2D eigenvalue weighted by atomic mass is 35.5. The molecule has 1 unspecified atom stereocenters. The van der Waals surface area contributed by atoms with Crippen LogP contribution in [0, 0.1) is 11.8 Å². The van der Waals surface area contributed by atoms with Crippen LogP contribution in [0.1, 0.15) is 105 Å². The molecular formula is C23H50ClNO. The zero-order valence-electron chi connectivity index (χ0n) is 19.0. The van der Waals surface area contributed by atoms with E-state index >= 15 is 0 Å². The van der Waals surface area contributed by atoms with Crippen molar-refractivity contribution in [2.45, 2.75) is 105 Å². The lowest BCUT2D eigenvalue weighted by atomic mass is 9.98. The molecule has 0 aromatic heterocycles. The summed E-state index contributed by atoms with van der Waals surface area (Å²) in [5.74, 6) is 1.65. The van der Waals surface area contributed by atoms with E-state index in [9.17, 15) is 0 Å². The Hall–Kier alpha value is 0.210. The summed E-state index contributed by atoms with van der Waals surface area (Å²) in [5, 5.41) is 0. The van der Waals surface area contributed by atoms with Gasteiger partial charge in [-0.15, -0.1) is 0 Å². The SMILES string of the molecule is CCCCCCCCCC[N+](C)(C)COCCC(C)CCCC(C)C.[Cl-]. The van der Waals surface area contributed by atoms with E-state index in [-0.39, 0.29) is 12.4 Å². The molecule has 2 nitrogen and oxygen atoms in total. The highest BCUT2D eigenvalue weighted by molar-refractivity contribution is 4.55. The first kappa shape index (κ1) is 28.4. The lowest BCUT2D eigenvalue weighted by Crippen LogP contribution is -3.00. The van der Waals surface area contributed by atoms with Gasteiger partial charge in [-0.2, -0.15) is 0 Å². The fourth-order valence-electron chi connectivity index (χ4n) is 3.35. The van der Waals surface area contributed by atoms with E-state index in [2.05, 4.69) is 41.8 Å². The number of hydrogen-bond acceptors (Lipinski definition) is 1. The number of nitrogens with zero attached hydrogens (tertiary/aromatic N) is 1. The predicted molar refractivity (Wildman–Crippen MR) is 113 cm³/mol. The van der Waals surface area contributed by atoms with Crippen LogP contribution in [0.25, 0.3) is 0 Å². The van der Waals surface area contributed by atoms with Crippen molar-refractivity contribution < 1.29 is 21.6 Å². The molecule has 0 rings (SSSR count). The molecule has 0 saturated carbocycles. The van der Waals surface area contributed by atoms with Gasteiger partial charge in [-0.05, 0) is 31.1 Å². The van der Waals surface area contributed by atoms with Crippen molar-refractivity contribution in [1.82, 2.24) is 0 Å². The highest BCUT2D eigenvalue weighted by Gasteiger charge is 2.14. The molecule has 0 fully saturated rings. The van der Waals surface area contributed by atoms with E-state index in [1.54, 1.807) is 0 Å². The maximum Gasteiger partial charge on any atom is 0.182 e. The summed E-state index contributed by atoms with van der Waals surface area (Å²) < 4.78 is 7.00. The average molecular weight is 392 g/mol. The van der Waals surface area contributed by atoms with Gasteiger partial charge in [-0.1, -0.05) is 85.5 Å². The molecular weight excluding hydrogens is 342 g/mol. The van der Waals surface area contributed by atoms with Gasteiger partial charge in [0.05, 0.1) is 27.2 Å². The third-order valence-corrected chi connectivity index (χ3v) is 5.29. The van der Waals surface area contributed by atoms with E-state index < -0.39 is 0 Å². The van der Waals surface area contributed by atoms with Crippen molar-refractivity contribution in [3.63, 3.8) is 0 Å². The molecule has 0 aromatic rings. The van der Waals surface area contributed by atoms with Crippen molar-refractivity contribution in [3.8, 4) is 0 Å². The molecule has 0 radical (unpaired) electrons. The first-order valence-electron chi connectivity index (χ1n) is 11.3. The van der Waals surface area contributed by atoms with Crippen molar-refractivity contribution >= 4 is 0 Å². The van der Waals surface area contributed by atoms with Crippen LogP contribution in [-0.4, -0.2) is 38.5 Å². The van der Waals surface area contributed by atoms with Crippen LogP contribution in [0.15, 0.2) is 0 Å². The first-order valence-corrected chi connectivity index (χ1v) is 11.3. The summed E-state index contributed by atoms with van der Waals surface area (Å²) in [6, 6.07) is 0. The number of hydrogen-bond donors (Lipinski definition) is 0. The lowest BCUT2D eigenvalue weighted by molar-refractivity contribution is -0.910. The zero-order valence-corrected chi connectivity index (χ0v) is 19.8. The van der Waals surface area contributed by atoms with Crippen molar-refractivity contribution in [2.24, 2.45) is 11.8 Å². The Labute approximate surface area is 172 Å². The third-order valence-electron chi connectivity index (χ3n) is 5.29. The van der Waals surface area contributed by atoms with Gasteiger partial charge in [0.25, 0.3) is 0 Å². The summed E-state index contributed by atoms with van der Waals surface area (Å²) in [5.41, 5.74) is 0. The van der Waals surface area contributed by atoms with Crippen LogP contribution in [0.2, 0.25) is 0 Å². The molecule has 0 N–H and O–H groups in total. The molecule has 26 heavy (non-hydrogen) atoms. The van der Waals surface area contributed by atoms with Crippen molar-refractivity contribution in [1.29, 1.82) is 0 Å². The minimum absolute atomic E-state index is 0. The summed E-state index contributed by atoms with van der Waals surface area (Å²) >= 11 is 0. The van der Waals surface area contributed by atoms with Gasteiger partial charge in [-0.25, -0.2) is 0 Å². The summed E-state index contributed by atoms with van der Waals surface area (Å²) in [6.45, 7) is 12.4. The molecule has 1 atom stereocenters. The van der Waals surface area contributed by atoms with Crippen molar-refractivity contribution in [3.05, 3.63) is 0 Å². The number of rotatable bonds is 18. The first-order chi connectivity index (χ1) is 11.9. The van der Waals surface area contributed by atoms with Gasteiger partial charge in [0.1, 0.15) is 0 Å². The van der Waals surface area contributed by atoms with E-state index in [0.29, 0.717) is 0 Å². The normalized spacial score (nSPS) is 13.0. The standard InChI is InChI=1S/C23H50NO.ClH/c1-7-8-9-10-11-12-13-14-19-24(5,6)21-25-20-18-23(4)17-15-16-22(2)3;/h22-23H,7-21H2,1-6H3;1H/q+1;/p-1. The Morgan fingerprint density at radius 1 is 0.731 bits per heavy atom. The Kier molecular flexibility index (Phi) is 20.3. The Morgan fingerprint density at radius 3 is 1.88 bits per heavy atom. The molecule has 3 heteroatoms. The average Bonchev–Trinajstić information content (AvgIpc) is 2.54. The zero-order chi connectivity index (χ0) is 19.0. The fraction of sp³-hybridized carbons (Fsp3) is 1.00. The van der Waals surface area contributed by atoms with Gasteiger partial charge < -0.3 is 21.6 Å². The topological polar surface area (TPSA) is 9.23 Å². The van der Waals surface area contributed by atoms with Gasteiger partial charge in [0.15, 0.2) is 6.73 Å². The fourth-order valence-corrected chi connectivity index (χ4v) is 3.35. The highest BCUT2D eigenvalue weighted by Crippen LogP contribution is 2.15. The van der Waals surface area contributed by atoms with Crippen molar-refractivity contribution in [2.75, 3.05) is 34.0 Å². The Morgan fingerprint density at radius 2 is 1.31 bits per heavy atom. The van der Waals surface area contributed by atoms with E-state index in [0.717, 1.165) is 29.7 Å². The molecule has 160 valence electrons. The second-order valence-corrected chi connectivity index (χ2v) is 9.39. The number of halogens is 1. The van der Waals surface area contributed by atoms with Crippen LogP contribution < -0.4 is 12.4 Å². The van der Waals surface area contributed by atoms with Crippen LogP contribution in [0.3, 0.4) is 0 Å². The predicted octanol–water partition coefficient (Wildman–Crippen LogP) is 4.03. The summed E-state index contributed by atoms with van der Waals surface area (Å²) in [6.07, 6.45) is 16.5. The lowest BCUT2D eigenvalue weighted by Gasteiger charge is -2.29. The summed E-state index contributed by atoms with van der Waals surface area (Å²) in [4.78, 5) is 0. The maximum atomic E-state index is 5.99. The maximum absolute atomic E-state index is 5.99. The van der Waals surface area contributed by atoms with Gasteiger partial charge in [0, 0.05) is 0 Å². The number of ether oxygens (including phenoxy) is 1. The van der Waals surface area contributed by atoms with E-state index in [4.69, 9.17) is 4.74 Å². The van der Waals surface area contributed by atoms with E-state index in [1.807, 2.05) is 0 Å². The minimum Gasteiger partial charge on any atom is -1.00 e. The summed E-state index contributed by atoms with van der Waals surface area (Å²) in [7, 11) is 4.63. The monoisotopic (exact) mass is 391 g/mol. The van der Waals surface area contributed by atoms with Gasteiger partial charge in [0.2, 0.25) is 0 Å². The quantitative estimate of drug-likeness (QED) is 0.195. The van der Waals surface area contributed by atoms with Crippen LogP contribution in [0.5, 0.6) is 0 Å². The second kappa shape index (κ2) is 18.6. The molecule has 0 saturated heterocycles. The van der Waals surface area contributed by atoms with Crippen LogP contribution in [-0.2, 0) is 4.74 Å². The van der Waals surface area contributed by atoms with Crippen LogP contribution >= 0.6 is 0 Å². The second-order valence-electron chi connectivity index (χ2n) is 9.39. The molecule has 0 aromatic carbocycles. The van der Waals surface area contributed by atoms with Gasteiger partial charge >= 0.3 is 0 Å². The Bertz CT molecular complexity index is 281. The molecule has 0 amide bonds. The largest absolute Gasteiger partial charge is 1.00 e. The van der Waals surface area contributed by atoms with Gasteiger partial charge in [-0.3, -0.25) is 0 Å². The molecule has 0 spiro atoms. The molecule has 0 aliphatic heterocycles. The molecule has 0 aliphatic rings. The van der Waals surface area contributed by atoms with Crippen LogP contribution in [0.4, 0.5) is 0 Å². The molecule has 0 heterocycles. The number of unbranched alkanes of at least 4 members (excludes halogenated alkanes) is 7.